The van der Waals surface area contributed by atoms with E-state index >= 15 is 0 Å². The number of carbonyl (C=O) groups is 2. The summed E-state index contributed by atoms with van der Waals surface area (Å²) in [5, 5.41) is 6.84. The summed E-state index contributed by atoms with van der Waals surface area (Å²) in [4.78, 5) is 29.2. The van der Waals surface area contributed by atoms with Crippen LogP contribution in [0.1, 0.15) is 36.0 Å². The third-order valence-electron chi connectivity index (χ3n) is 5.47. The van der Waals surface area contributed by atoms with Crippen LogP contribution in [0, 0.1) is 5.92 Å². The molecule has 2 saturated heterocycles. The molecule has 0 unspecified atom stereocenters. The van der Waals surface area contributed by atoms with Crippen molar-refractivity contribution in [3.63, 3.8) is 0 Å². The van der Waals surface area contributed by atoms with E-state index in [1.54, 1.807) is 18.4 Å². The van der Waals surface area contributed by atoms with Crippen LogP contribution in [0.15, 0.2) is 16.8 Å². The van der Waals surface area contributed by atoms with Gasteiger partial charge in [0.15, 0.2) is 0 Å². The first kappa shape index (κ1) is 19.3. The number of methoxy groups -OCH3 is 1. The van der Waals surface area contributed by atoms with Crippen LogP contribution in [0.4, 0.5) is 0 Å². The lowest BCUT2D eigenvalue weighted by atomic mass is 9.93. The predicted octanol–water partition coefficient (Wildman–Crippen LogP) is 1.83. The molecule has 0 spiro atoms. The van der Waals surface area contributed by atoms with Gasteiger partial charge in [0.2, 0.25) is 5.91 Å². The van der Waals surface area contributed by atoms with Crippen LogP contribution in [-0.2, 0) is 9.53 Å². The van der Waals surface area contributed by atoms with Gasteiger partial charge in [-0.25, -0.2) is 0 Å². The van der Waals surface area contributed by atoms with Gasteiger partial charge < -0.3 is 15.0 Å². The predicted molar refractivity (Wildman–Crippen MR) is 102 cm³/mol. The molecule has 144 valence electrons. The van der Waals surface area contributed by atoms with E-state index in [9.17, 15) is 9.59 Å². The third-order valence-corrected chi connectivity index (χ3v) is 6.15. The second kappa shape index (κ2) is 9.48. The lowest BCUT2D eigenvalue weighted by Gasteiger charge is -2.42. The minimum absolute atomic E-state index is 0.0751. The number of hydrogen-bond donors (Lipinski definition) is 1. The second-order valence-electron chi connectivity index (χ2n) is 7.15. The molecule has 1 N–H and O–H groups in total. The molecule has 0 radical (unpaired) electrons. The molecule has 1 aromatic heterocycles. The topological polar surface area (TPSA) is 61.9 Å². The summed E-state index contributed by atoms with van der Waals surface area (Å²) in [7, 11) is 1.64. The molecule has 3 heterocycles. The van der Waals surface area contributed by atoms with Crippen molar-refractivity contribution < 1.29 is 14.3 Å². The molecule has 2 aliphatic rings. The van der Waals surface area contributed by atoms with E-state index < -0.39 is 0 Å². The average molecular weight is 380 g/mol. The van der Waals surface area contributed by atoms with E-state index in [4.69, 9.17) is 4.74 Å². The zero-order valence-electron chi connectivity index (χ0n) is 15.5. The summed E-state index contributed by atoms with van der Waals surface area (Å²) >= 11 is 1.56. The largest absolute Gasteiger partial charge is 0.383 e. The molecule has 1 aromatic rings. The van der Waals surface area contributed by atoms with E-state index in [-0.39, 0.29) is 17.7 Å². The molecule has 7 heteroatoms. The Labute approximate surface area is 159 Å². The highest BCUT2D eigenvalue weighted by Gasteiger charge is 2.32. The number of carbonyl (C=O) groups excluding carboxylic acids is 2. The highest BCUT2D eigenvalue weighted by atomic mass is 32.1. The summed E-state index contributed by atoms with van der Waals surface area (Å²) in [6.07, 6.45) is 4.02. The number of hydrogen-bond acceptors (Lipinski definition) is 5. The number of nitrogens with zero attached hydrogens (tertiary/aromatic N) is 2. The van der Waals surface area contributed by atoms with Crippen LogP contribution in [0.5, 0.6) is 0 Å². The normalized spacial score (nSPS) is 22.3. The van der Waals surface area contributed by atoms with Gasteiger partial charge in [-0.15, -0.1) is 0 Å². The van der Waals surface area contributed by atoms with Gasteiger partial charge in [0.25, 0.3) is 5.91 Å². The van der Waals surface area contributed by atoms with Crippen molar-refractivity contribution in [1.82, 2.24) is 15.1 Å². The van der Waals surface area contributed by atoms with Crippen LogP contribution in [-0.4, -0.2) is 74.1 Å². The molecule has 1 atom stereocenters. The van der Waals surface area contributed by atoms with Gasteiger partial charge >= 0.3 is 0 Å². The summed E-state index contributed by atoms with van der Waals surface area (Å²) < 4.78 is 5.00. The molecule has 0 saturated carbocycles. The fraction of sp³-hybridized carbons (Fsp3) is 0.684. The highest BCUT2D eigenvalue weighted by molar-refractivity contribution is 7.08. The summed E-state index contributed by atoms with van der Waals surface area (Å²) in [6.45, 7) is 4.64. The zero-order valence-corrected chi connectivity index (χ0v) is 16.3. The first-order valence-corrected chi connectivity index (χ1v) is 10.5. The Morgan fingerprint density at radius 3 is 2.77 bits per heavy atom. The van der Waals surface area contributed by atoms with E-state index in [2.05, 4.69) is 10.2 Å². The first-order valence-electron chi connectivity index (χ1n) is 9.51. The Morgan fingerprint density at radius 2 is 2.08 bits per heavy atom. The lowest BCUT2D eigenvalue weighted by molar-refractivity contribution is -0.127. The molecule has 0 aliphatic carbocycles. The molecule has 3 rings (SSSR count). The first-order chi connectivity index (χ1) is 12.7. The minimum Gasteiger partial charge on any atom is -0.383 e. The number of likely N-dealkylation sites (tertiary alicyclic amines) is 2. The third kappa shape index (κ3) is 4.84. The molecule has 2 aliphatic heterocycles. The van der Waals surface area contributed by atoms with Gasteiger partial charge in [-0.2, -0.15) is 11.3 Å². The van der Waals surface area contributed by atoms with Crippen LogP contribution >= 0.6 is 11.3 Å². The maximum atomic E-state index is 12.5. The Morgan fingerprint density at radius 1 is 1.27 bits per heavy atom. The fourth-order valence-electron chi connectivity index (χ4n) is 3.98. The SMILES string of the molecule is COCCNC(=O)[C@@H]1CCCN(C2CCN(C(=O)c3ccsc3)CC2)C1. The van der Waals surface area contributed by atoms with Gasteiger partial charge in [-0.3, -0.25) is 14.5 Å². The number of amides is 2. The molecule has 0 aromatic carbocycles. The Hall–Kier alpha value is -1.44. The maximum Gasteiger partial charge on any atom is 0.254 e. The molecule has 26 heavy (non-hydrogen) atoms. The van der Waals surface area contributed by atoms with E-state index in [1.807, 2.05) is 21.7 Å². The van der Waals surface area contributed by atoms with Crippen molar-refractivity contribution in [1.29, 1.82) is 0 Å². The summed E-state index contributed by atoms with van der Waals surface area (Å²) in [5.41, 5.74) is 0.805. The van der Waals surface area contributed by atoms with Gasteiger partial charge in [0.1, 0.15) is 0 Å². The van der Waals surface area contributed by atoms with E-state index in [1.165, 1.54) is 0 Å². The van der Waals surface area contributed by atoms with E-state index in [0.29, 0.717) is 19.2 Å². The molecule has 2 fully saturated rings. The van der Waals surface area contributed by atoms with Crippen molar-refractivity contribution in [2.75, 3.05) is 46.4 Å². The number of thiophene rings is 1. The summed E-state index contributed by atoms with van der Waals surface area (Å²) in [6, 6.07) is 2.38. The average Bonchev–Trinajstić information content (AvgIpc) is 3.22. The second-order valence-corrected chi connectivity index (χ2v) is 7.93. The monoisotopic (exact) mass is 379 g/mol. The van der Waals surface area contributed by atoms with Gasteiger partial charge in [-0.1, -0.05) is 0 Å². The van der Waals surface area contributed by atoms with Gasteiger partial charge in [-0.05, 0) is 43.7 Å². The van der Waals surface area contributed by atoms with Crippen LogP contribution in [0.2, 0.25) is 0 Å². The number of nitrogens with one attached hydrogen (secondary N) is 1. The molecule has 6 nitrogen and oxygen atoms in total. The van der Waals surface area contributed by atoms with Crippen LogP contribution < -0.4 is 5.32 Å². The Bertz CT molecular complexity index is 585. The van der Waals surface area contributed by atoms with Crippen LogP contribution in [0.25, 0.3) is 0 Å². The Kier molecular flexibility index (Phi) is 7.05. The molecule has 0 bridgehead atoms. The van der Waals surface area contributed by atoms with Gasteiger partial charge in [0, 0.05) is 44.7 Å². The van der Waals surface area contributed by atoms with Crippen molar-refractivity contribution in [3.8, 4) is 0 Å². The number of piperidine rings is 2. The summed E-state index contributed by atoms with van der Waals surface area (Å²) in [5.74, 6) is 0.377. The standard InChI is InChI=1S/C19H29N3O3S/c1-25-11-7-20-18(23)15-3-2-8-22(13-15)17-4-9-21(10-5-17)19(24)16-6-12-26-14-16/h6,12,14-15,17H,2-5,7-11,13H2,1H3,(H,20,23)/t15-/m1/s1. The van der Waals surface area contributed by atoms with Crippen molar-refractivity contribution in [2.24, 2.45) is 5.92 Å². The Balaban J connectivity index is 1.46. The van der Waals surface area contributed by atoms with Crippen LogP contribution in [0.3, 0.4) is 0 Å². The van der Waals surface area contributed by atoms with Crippen molar-refractivity contribution in [3.05, 3.63) is 22.4 Å². The van der Waals surface area contributed by atoms with Gasteiger partial charge in [0.05, 0.1) is 18.1 Å². The smallest absolute Gasteiger partial charge is 0.254 e. The minimum atomic E-state index is 0.0751. The molecular weight excluding hydrogens is 350 g/mol. The zero-order chi connectivity index (χ0) is 18.4. The number of rotatable bonds is 6. The molecular formula is C19H29N3O3S. The van der Waals surface area contributed by atoms with Crippen molar-refractivity contribution in [2.45, 2.75) is 31.7 Å². The maximum absolute atomic E-state index is 12.5. The lowest BCUT2D eigenvalue weighted by Crippen LogP contribution is -2.51. The number of ether oxygens (including phenoxy) is 1. The quantitative estimate of drug-likeness (QED) is 0.766. The fourth-order valence-corrected chi connectivity index (χ4v) is 4.61. The highest BCUT2D eigenvalue weighted by Crippen LogP contribution is 2.25. The molecule has 2 amide bonds. The van der Waals surface area contributed by atoms with Crippen molar-refractivity contribution >= 4 is 23.2 Å². The van der Waals surface area contributed by atoms with E-state index in [0.717, 1.165) is 57.4 Å².